The molecule has 0 aliphatic heterocycles. The van der Waals surface area contributed by atoms with Crippen molar-refractivity contribution in [2.45, 2.75) is 5.51 Å². The number of phenols is 2. The van der Waals surface area contributed by atoms with Gasteiger partial charge in [0.15, 0.2) is 0 Å². The van der Waals surface area contributed by atoms with E-state index in [1.807, 2.05) is 64.7 Å². The number of carbonyl (C=O) groups is 3. The normalized spacial score (nSPS) is 11.0. The largest absolute Gasteiger partial charge is 0.534 e. The molecule has 0 aliphatic carbocycles. The Morgan fingerprint density at radius 1 is 0.554 bits per heavy atom. The maximum absolute atomic E-state index is 12.4. The van der Waals surface area contributed by atoms with Crippen LogP contribution >= 0.6 is 45.6 Å². The highest BCUT2D eigenvalue weighted by Crippen LogP contribution is 2.30. The van der Waals surface area contributed by atoms with E-state index in [9.17, 15) is 41.1 Å². The first-order valence-corrected chi connectivity index (χ1v) is 23.2. The summed E-state index contributed by atoms with van der Waals surface area (Å²) in [6.45, 7) is 0. The summed E-state index contributed by atoms with van der Waals surface area (Å²) in [5.74, 6) is -0.332. The van der Waals surface area contributed by atoms with Crippen molar-refractivity contribution in [2.75, 3.05) is 16.4 Å². The molecule has 65 heavy (non-hydrogen) atoms. The molecule has 0 fully saturated rings. The number of anilines is 3. The van der Waals surface area contributed by atoms with Crippen molar-refractivity contribution in [2.24, 2.45) is 0 Å². The van der Waals surface area contributed by atoms with E-state index >= 15 is 0 Å². The van der Waals surface area contributed by atoms with Crippen molar-refractivity contribution in [3.8, 4) is 17.2 Å². The summed E-state index contributed by atoms with van der Waals surface area (Å²) in [6.07, 6.45) is 0. The van der Waals surface area contributed by atoms with E-state index in [-0.39, 0.29) is 28.6 Å². The Morgan fingerprint density at radius 2 is 0.954 bits per heavy atom. The molecule has 2 amide bonds. The van der Waals surface area contributed by atoms with E-state index in [2.05, 4.69) is 14.8 Å². The molecule has 0 spiro atoms. The molecule has 0 bridgehead atoms. The molecule has 3 heterocycles. The highest BCUT2D eigenvalue weighted by molar-refractivity contribution is 7.88. The van der Waals surface area contributed by atoms with Crippen LogP contribution in [0.4, 0.5) is 30.2 Å². The number of rotatable bonds is 7. The third-order valence-electron chi connectivity index (χ3n) is 8.80. The second-order valence-corrected chi connectivity index (χ2v) is 17.7. The number of benzene rings is 6. The molecule has 9 aromatic rings. The van der Waals surface area contributed by atoms with Gasteiger partial charge in [-0.15, -0.1) is 0 Å². The molecule has 0 saturated heterocycles. The Morgan fingerprint density at radius 3 is 1.38 bits per heavy atom. The number of phenolic OH excluding ortho intramolecular Hbond substituents is 2. The predicted molar refractivity (Wildman–Crippen MR) is 254 cm³/mol. The smallest absolute Gasteiger partial charge is 0.508 e. The topological polar surface area (TPSA) is 185 Å². The lowest BCUT2D eigenvalue weighted by molar-refractivity contribution is -0.0500. The molecule has 0 unspecified atom stereocenters. The number of alkyl halides is 3. The summed E-state index contributed by atoms with van der Waals surface area (Å²) in [4.78, 5) is 34.2. The fourth-order valence-electron chi connectivity index (χ4n) is 5.66. The number of nitrogen functional groups attached to an aromatic ring is 1. The lowest BCUT2D eigenvalue weighted by Crippen LogP contribution is -2.28. The van der Waals surface area contributed by atoms with Gasteiger partial charge in [0.2, 0.25) is 0 Å². The molecule has 11 nitrogen and oxygen atoms in total. The van der Waals surface area contributed by atoms with Gasteiger partial charge in [-0.3, -0.25) is 14.4 Å². The van der Waals surface area contributed by atoms with Crippen LogP contribution in [0.5, 0.6) is 17.2 Å². The molecule has 332 valence electrons. The highest BCUT2D eigenvalue weighted by Gasteiger charge is 2.48. The standard InChI is InChI=1S/C16H10F3NO4S2.C15H11NO2S.C10H9NO.C5H3ClOS/c17-16(18,19)26(22,23)24-14-4-2-10-7-13(3-1-11(10)8-14)20-15(21)12-5-6-25-9-12;17-14-4-2-10-7-13(3-1-11(10)8-14)16-15(18)12-5-6-19-9-12;11-9-3-1-8-6-10(12)4-2-7(8)5-9;6-5(7)4-1-2-8-3-4/h1-9H,(H,20,21);1-9,17H,(H,16,18);1-6,12H,11H2;1-3H. The summed E-state index contributed by atoms with van der Waals surface area (Å²) in [5, 5.41) is 39.4. The lowest BCUT2D eigenvalue weighted by Gasteiger charge is -2.10. The number of hydrogen-bond acceptors (Lipinski definition) is 12. The Hall–Kier alpha value is -6.96. The summed E-state index contributed by atoms with van der Waals surface area (Å²) in [5.41, 5.74) is 3.83. The van der Waals surface area contributed by atoms with Crippen molar-refractivity contribution in [1.29, 1.82) is 0 Å². The number of halogens is 4. The molecular formula is C46H33ClF3N3O8S4. The van der Waals surface area contributed by atoms with Gasteiger partial charge in [0, 0.05) is 38.8 Å². The molecule has 0 saturated carbocycles. The highest BCUT2D eigenvalue weighted by atomic mass is 35.5. The molecule has 9 rings (SSSR count). The minimum atomic E-state index is -5.72. The van der Waals surface area contributed by atoms with Gasteiger partial charge in [-0.1, -0.05) is 36.4 Å². The first-order valence-electron chi connectivity index (χ1n) is 18.6. The van der Waals surface area contributed by atoms with Crippen molar-refractivity contribution in [3.05, 3.63) is 176 Å². The third-order valence-corrected chi connectivity index (χ3v) is 12.1. The van der Waals surface area contributed by atoms with Crippen LogP contribution in [-0.2, 0) is 10.1 Å². The van der Waals surface area contributed by atoms with Crippen LogP contribution in [0.2, 0.25) is 0 Å². The number of aromatic hydroxyl groups is 2. The maximum atomic E-state index is 12.4. The summed E-state index contributed by atoms with van der Waals surface area (Å²) in [6, 6.07) is 35.1. The molecule has 6 aromatic carbocycles. The number of fused-ring (bicyclic) bond motifs is 3. The predicted octanol–water partition coefficient (Wildman–Crippen LogP) is 12.5. The van der Waals surface area contributed by atoms with Crippen LogP contribution in [0.1, 0.15) is 31.1 Å². The molecule has 0 aliphatic rings. The quantitative estimate of drug-likeness (QED) is 0.0449. The molecule has 0 radical (unpaired) electrons. The van der Waals surface area contributed by atoms with E-state index in [1.54, 1.807) is 70.7 Å². The summed E-state index contributed by atoms with van der Waals surface area (Å²) in [7, 11) is -5.72. The minimum Gasteiger partial charge on any atom is -0.508 e. The first kappa shape index (κ1) is 47.5. The molecular weight excluding hydrogens is 943 g/mol. The average Bonchev–Trinajstić information content (AvgIpc) is 4.10. The van der Waals surface area contributed by atoms with Gasteiger partial charge in [0.1, 0.15) is 17.2 Å². The van der Waals surface area contributed by atoms with Crippen LogP contribution in [0, 0.1) is 0 Å². The van der Waals surface area contributed by atoms with Gasteiger partial charge in [0.05, 0.1) is 11.1 Å². The van der Waals surface area contributed by atoms with Gasteiger partial charge in [-0.25, -0.2) is 0 Å². The summed E-state index contributed by atoms with van der Waals surface area (Å²) < 4.78 is 63.3. The van der Waals surface area contributed by atoms with Crippen LogP contribution in [0.15, 0.2) is 160 Å². The van der Waals surface area contributed by atoms with Gasteiger partial charge < -0.3 is 30.8 Å². The minimum absolute atomic E-state index is 0.112. The number of hydrogen-bond donors (Lipinski definition) is 5. The van der Waals surface area contributed by atoms with Crippen LogP contribution in [-0.4, -0.2) is 41.2 Å². The zero-order valence-corrected chi connectivity index (χ0v) is 37.2. The number of nitrogens with one attached hydrogen (secondary N) is 2. The van der Waals surface area contributed by atoms with Crippen molar-refractivity contribution < 1.29 is 50.4 Å². The van der Waals surface area contributed by atoms with E-state index in [1.165, 1.54) is 52.2 Å². The Balaban J connectivity index is 0.000000156. The molecule has 6 N–H and O–H groups in total. The zero-order chi connectivity index (χ0) is 46.7. The SMILES string of the molecule is Nc1ccc2cc(O)ccc2c1.O=C(Cl)c1ccsc1.O=C(Nc1ccc2cc(O)ccc2c1)c1ccsc1.O=C(Nc1ccc2cc(OS(=O)(=O)C(F)(F)F)ccc2c1)c1ccsc1. The van der Waals surface area contributed by atoms with Crippen molar-refractivity contribution in [1.82, 2.24) is 0 Å². The summed E-state index contributed by atoms with van der Waals surface area (Å²) >= 11 is 9.45. The number of nitrogens with two attached hydrogens (primary N) is 1. The second-order valence-electron chi connectivity index (χ2n) is 13.5. The molecule has 0 atom stereocenters. The van der Waals surface area contributed by atoms with Gasteiger partial charge >= 0.3 is 15.6 Å². The molecule has 19 heteroatoms. The Bertz CT molecular complexity index is 3160. The van der Waals surface area contributed by atoms with E-state index in [4.69, 9.17) is 22.4 Å². The first-order chi connectivity index (χ1) is 30.9. The maximum Gasteiger partial charge on any atom is 0.534 e. The third kappa shape index (κ3) is 13.3. The number of amides is 2. The van der Waals surface area contributed by atoms with Crippen LogP contribution in [0.3, 0.4) is 0 Å². The number of carbonyl (C=O) groups excluding carboxylic acids is 3. The van der Waals surface area contributed by atoms with Gasteiger partial charge in [-0.05, 0) is 151 Å². The number of thiophene rings is 3. The zero-order valence-electron chi connectivity index (χ0n) is 33.2. The average molecular weight is 976 g/mol. The Kier molecular flexibility index (Phi) is 15.5. The van der Waals surface area contributed by atoms with Gasteiger partial charge in [-0.2, -0.15) is 55.6 Å². The molecule has 3 aromatic heterocycles. The monoisotopic (exact) mass is 975 g/mol. The fraction of sp³-hybridized carbons (Fsp3) is 0.0217. The van der Waals surface area contributed by atoms with E-state index < -0.39 is 21.4 Å². The second kappa shape index (κ2) is 21.1. The van der Waals surface area contributed by atoms with Crippen molar-refractivity contribution in [3.63, 3.8) is 0 Å². The van der Waals surface area contributed by atoms with Crippen molar-refractivity contribution >= 4 is 122 Å². The van der Waals surface area contributed by atoms with Crippen LogP contribution in [0.25, 0.3) is 32.3 Å². The Labute approximate surface area is 385 Å². The lowest BCUT2D eigenvalue weighted by atomic mass is 10.1. The van der Waals surface area contributed by atoms with Crippen LogP contribution < -0.4 is 20.6 Å². The van der Waals surface area contributed by atoms with E-state index in [0.29, 0.717) is 33.2 Å². The fourth-order valence-corrected chi connectivity index (χ4v) is 8.20. The van der Waals surface area contributed by atoms with E-state index in [0.717, 1.165) is 39.0 Å². The van der Waals surface area contributed by atoms with Gasteiger partial charge in [0.25, 0.3) is 17.1 Å².